The van der Waals surface area contributed by atoms with Crippen LogP contribution in [0.1, 0.15) is 40.5 Å². The summed E-state index contributed by atoms with van der Waals surface area (Å²) in [5.74, 6) is 0.855. The van der Waals surface area contributed by atoms with Crippen LogP contribution in [-0.2, 0) is 4.79 Å². The molecule has 1 rings (SSSR count). The average Bonchev–Trinajstić information content (AvgIpc) is 2.35. The molecule has 1 aliphatic rings. The number of carbonyl (C=O) groups is 1. The summed E-state index contributed by atoms with van der Waals surface area (Å²) in [7, 11) is 0. The summed E-state index contributed by atoms with van der Waals surface area (Å²) in [5.41, 5.74) is 0.0353. The smallest absolute Gasteiger partial charge is 0.223 e. The third-order valence-corrected chi connectivity index (χ3v) is 3.18. The minimum Gasteiger partial charge on any atom is -0.337 e. The van der Waals surface area contributed by atoms with Crippen LogP contribution in [0.15, 0.2) is 0 Å². The molecule has 0 bridgehead atoms. The van der Waals surface area contributed by atoms with Gasteiger partial charge < -0.3 is 4.90 Å². The van der Waals surface area contributed by atoms with E-state index in [1.807, 2.05) is 4.90 Å². The van der Waals surface area contributed by atoms with Gasteiger partial charge in [0.1, 0.15) is 0 Å². The van der Waals surface area contributed by atoms with Crippen molar-refractivity contribution in [2.45, 2.75) is 46.1 Å². The molecule has 0 unspecified atom stereocenters. The molecule has 0 spiro atoms. The van der Waals surface area contributed by atoms with Gasteiger partial charge in [-0.3, -0.25) is 4.79 Å². The van der Waals surface area contributed by atoms with Crippen molar-refractivity contribution in [3.63, 3.8) is 0 Å². The first-order valence-corrected chi connectivity index (χ1v) is 4.76. The molecule has 2 nitrogen and oxygen atoms in total. The van der Waals surface area contributed by atoms with E-state index in [1.54, 1.807) is 0 Å². The molecule has 0 radical (unpaired) electrons. The maximum absolute atomic E-state index is 11.5. The highest BCUT2D eigenvalue weighted by Crippen LogP contribution is 2.28. The van der Waals surface area contributed by atoms with E-state index in [4.69, 9.17) is 0 Å². The molecule has 0 aromatic heterocycles. The van der Waals surface area contributed by atoms with Gasteiger partial charge in [-0.1, -0.05) is 13.8 Å². The second kappa shape index (κ2) is 3.08. The van der Waals surface area contributed by atoms with Crippen LogP contribution in [0.4, 0.5) is 0 Å². The molecular formula is C10H19NO. The van der Waals surface area contributed by atoms with Gasteiger partial charge in [-0.15, -0.1) is 0 Å². The highest BCUT2D eigenvalue weighted by atomic mass is 16.2. The molecule has 0 aliphatic carbocycles. The molecule has 0 N–H and O–H groups in total. The maximum atomic E-state index is 11.5. The molecule has 0 aromatic carbocycles. The van der Waals surface area contributed by atoms with Gasteiger partial charge in [0.15, 0.2) is 0 Å². The van der Waals surface area contributed by atoms with Crippen molar-refractivity contribution in [3.05, 3.63) is 0 Å². The van der Waals surface area contributed by atoms with Gasteiger partial charge in [0, 0.05) is 18.5 Å². The predicted molar refractivity (Wildman–Crippen MR) is 49.9 cm³/mol. The first-order valence-electron chi connectivity index (χ1n) is 4.76. The monoisotopic (exact) mass is 169 g/mol. The number of hydrogen-bond donors (Lipinski definition) is 0. The van der Waals surface area contributed by atoms with E-state index < -0.39 is 0 Å². The fourth-order valence-electron chi connectivity index (χ4n) is 1.57. The van der Waals surface area contributed by atoms with Crippen molar-refractivity contribution in [1.82, 2.24) is 4.90 Å². The number of carbonyl (C=O) groups excluding carboxylic acids is 1. The molecule has 12 heavy (non-hydrogen) atoms. The maximum Gasteiger partial charge on any atom is 0.223 e. The fraction of sp³-hybridized carbons (Fsp3) is 0.900. The molecule has 70 valence electrons. The van der Waals surface area contributed by atoms with E-state index in [2.05, 4.69) is 27.7 Å². The van der Waals surface area contributed by atoms with Crippen LogP contribution < -0.4 is 0 Å². The van der Waals surface area contributed by atoms with E-state index in [-0.39, 0.29) is 5.54 Å². The summed E-state index contributed by atoms with van der Waals surface area (Å²) in [5, 5.41) is 0. The largest absolute Gasteiger partial charge is 0.337 e. The summed E-state index contributed by atoms with van der Waals surface area (Å²) >= 11 is 0. The molecule has 1 heterocycles. The van der Waals surface area contributed by atoms with E-state index in [0.717, 1.165) is 19.4 Å². The van der Waals surface area contributed by atoms with E-state index in [1.165, 1.54) is 0 Å². The van der Waals surface area contributed by atoms with Crippen molar-refractivity contribution in [2.75, 3.05) is 6.54 Å². The lowest BCUT2D eigenvalue weighted by Crippen LogP contribution is -2.48. The van der Waals surface area contributed by atoms with Gasteiger partial charge in [-0.05, 0) is 26.2 Å². The van der Waals surface area contributed by atoms with Gasteiger partial charge in [0.05, 0.1) is 0 Å². The van der Waals surface area contributed by atoms with Crippen molar-refractivity contribution in [3.8, 4) is 0 Å². The molecule has 2 heteroatoms. The Morgan fingerprint density at radius 1 is 1.42 bits per heavy atom. The standard InChI is InChI=1S/C10H19NO/c1-8(2)10(3,4)11-7-5-6-9(11)12/h8H,5-7H2,1-4H3. The minimum absolute atomic E-state index is 0.0353. The zero-order valence-corrected chi connectivity index (χ0v) is 8.55. The molecule has 1 saturated heterocycles. The lowest BCUT2D eigenvalue weighted by atomic mass is 9.89. The van der Waals surface area contributed by atoms with Gasteiger partial charge in [-0.25, -0.2) is 0 Å². The van der Waals surface area contributed by atoms with Gasteiger partial charge >= 0.3 is 0 Å². The van der Waals surface area contributed by atoms with E-state index in [9.17, 15) is 4.79 Å². The number of nitrogens with zero attached hydrogens (tertiary/aromatic N) is 1. The first kappa shape index (κ1) is 9.56. The van der Waals surface area contributed by atoms with E-state index >= 15 is 0 Å². The fourth-order valence-corrected chi connectivity index (χ4v) is 1.57. The Labute approximate surface area is 74.9 Å². The highest BCUT2D eigenvalue weighted by Gasteiger charge is 2.35. The Kier molecular flexibility index (Phi) is 2.45. The Bertz CT molecular complexity index is 184. The Hall–Kier alpha value is -0.530. The van der Waals surface area contributed by atoms with Crippen molar-refractivity contribution < 1.29 is 4.79 Å². The molecule has 1 fully saturated rings. The van der Waals surface area contributed by atoms with Crippen molar-refractivity contribution in [2.24, 2.45) is 5.92 Å². The first-order chi connectivity index (χ1) is 5.46. The average molecular weight is 169 g/mol. The van der Waals surface area contributed by atoms with Crippen LogP contribution in [0, 0.1) is 5.92 Å². The predicted octanol–water partition coefficient (Wildman–Crippen LogP) is 2.04. The number of likely N-dealkylation sites (tertiary alicyclic amines) is 1. The van der Waals surface area contributed by atoms with Crippen LogP contribution in [0.25, 0.3) is 0 Å². The van der Waals surface area contributed by atoms with Gasteiger partial charge in [0.25, 0.3) is 0 Å². The SMILES string of the molecule is CC(C)C(C)(C)N1CCCC1=O. The summed E-state index contributed by atoms with van der Waals surface area (Å²) in [6.45, 7) is 9.60. The van der Waals surface area contributed by atoms with Crippen LogP contribution in [-0.4, -0.2) is 22.9 Å². The Balaban J connectivity index is 2.73. The zero-order chi connectivity index (χ0) is 9.35. The summed E-state index contributed by atoms with van der Waals surface area (Å²) in [6.07, 6.45) is 1.78. The molecule has 0 aromatic rings. The summed E-state index contributed by atoms with van der Waals surface area (Å²) in [4.78, 5) is 13.5. The van der Waals surface area contributed by atoms with Crippen LogP contribution in [0.3, 0.4) is 0 Å². The third-order valence-electron chi connectivity index (χ3n) is 3.18. The molecule has 1 aliphatic heterocycles. The zero-order valence-electron chi connectivity index (χ0n) is 8.55. The minimum atomic E-state index is 0.0353. The van der Waals surface area contributed by atoms with Gasteiger partial charge in [0.2, 0.25) is 5.91 Å². The van der Waals surface area contributed by atoms with Crippen molar-refractivity contribution in [1.29, 1.82) is 0 Å². The number of amides is 1. The number of rotatable bonds is 2. The third kappa shape index (κ3) is 1.47. The van der Waals surface area contributed by atoms with Gasteiger partial charge in [-0.2, -0.15) is 0 Å². The quantitative estimate of drug-likeness (QED) is 0.619. The second-order valence-corrected chi connectivity index (χ2v) is 4.46. The Morgan fingerprint density at radius 3 is 2.33 bits per heavy atom. The molecule has 0 atom stereocenters. The van der Waals surface area contributed by atoms with Crippen LogP contribution >= 0.6 is 0 Å². The summed E-state index contributed by atoms with van der Waals surface area (Å²) in [6, 6.07) is 0. The lowest BCUT2D eigenvalue weighted by Gasteiger charge is -2.39. The van der Waals surface area contributed by atoms with Crippen LogP contribution in [0.2, 0.25) is 0 Å². The molecule has 0 saturated carbocycles. The molecule has 1 amide bonds. The number of hydrogen-bond acceptors (Lipinski definition) is 1. The van der Waals surface area contributed by atoms with Crippen LogP contribution in [0.5, 0.6) is 0 Å². The molecular weight excluding hydrogens is 150 g/mol. The topological polar surface area (TPSA) is 20.3 Å². The highest BCUT2D eigenvalue weighted by molar-refractivity contribution is 5.78. The Morgan fingerprint density at radius 2 is 2.00 bits per heavy atom. The lowest BCUT2D eigenvalue weighted by molar-refractivity contribution is -0.133. The van der Waals surface area contributed by atoms with Crippen molar-refractivity contribution >= 4 is 5.91 Å². The summed E-state index contributed by atoms with van der Waals surface area (Å²) < 4.78 is 0. The second-order valence-electron chi connectivity index (χ2n) is 4.46. The van der Waals surface area contributed by atoms with E-state index in [0.29, 0.717) is 11.8 Å². The normalized spacial score (nSPS) is 19.4.